The van der Waals surface area contributed by atoms with Crippen LogP contribution < -0.4 is 10.6 Å². The Labute approximate surface area is 86.7 Å². The average molecular weight is 206 g/mol. The highest BCUT2D eigenvalue weighted by molar-refractivity contribution is 5.96. The van der Waals surface area contributed by atoms with Crippen molar-refractivity contribution in [1.82, 2.24) is 10.6 Å². The Morgan fingerprint density at radius 2 is 2.33 bits per heavy atom. The van der Waals surface area contributed by atoms with E-state index in [-0.39, 0.29) is 23.7 Å². The number of rotatable bonds is 0. The molecule has 0 radical (unpaired) electrons. The smallest absolute Gasteiger partial charge is 0.248 e. The average Bonchev–Trinajstić information content (AvgIpc) is 2.52. The SMILES string of the molecule is O=C1NCCC2=CNC3C=C(F)C=C1C23. The Morgan fingerprint density at radius 1 is 1.47 bits per heavy atom. The summed E-state index contributed by atoms with van der Waals surface area (Å²) in [5.74, 6) is -0.433. The molecule has 1 saturated heterocycles. The minimum atomic E-state index is -0.328. The molecule has 0 aromatic carbocycles. The van der Waals surface area contributed by atoms with Crippen molar-refractivity contribution in [1.29, 1.82) is 0 Å². The molecule has 78 valence electrons. The monoisotopic (exact) mass is 206 g/mol. The van der Waals surface area contributed by atoms with Gasteiger partial charge in [-0.2, -0.15) is 0 Å². The number of allylic oxidation sites excluding steroid dienone is 2. The molecule has 1 aliphatic carbocycles. The van der Waals surface area contributed by atoms with Crippen LogP contribution in [-0.2, 0) is 4.79 Å². The van der Waals surface area contributed by atoms with Crippen LogP contribution in [0.15, 0.2) is 35.3 Å². The quantitative estimate of drug-likeness (QED) is 0.614. The number of hydrogen-bond donors (Lipinski definition) is 2. The number of halogens is 1. The zero-order valence-electron chi connectivity index (χ0n) is 8.09. The van der Waals surface area contributed by atoms with Crippen LogP contribution >= 0.6 is 0 Å². The van der Waals surface area contributed by atoms with Gasteiger partial charge < -0.3 is 10.6 Å². The van der Waals surface area contributed by atoms with E-state index in [1.165, 1.54) is 17.7 Å². The van der Waals surface area contributed by atoms with Crippen LogP contribution in [0.4, 0.5) is 4.39 Å². The van der Waals surface area contributed by atoms with E-state index < -0.39 is 0 Å². The van der Waals surface area contributed by atoms with E-state index in [2.05, 4.69) is 10.6 Å². The van der Waals surface area contributed by atoms with Crippen molar-refractivity contribution in [3.05, 3.63) is 35.3 Å². The van der Waals surface area contributed by atoms with Gasteiger partial charge in [-0.15, -0.1) is 0 Å². The maximum atomic E-state index is 13.3. The predicted molar refractivity (Wildman–Crippen MR) is 53.4 cm³/mol. The van der Waals surface area contributed by atoms with Crippen LogP contribution in [0.5, 0.6) is 0 Å². The molecule has 0 bridgehead atoms. The van der Waals surface area contributed by atoms with Gasteiger partial charge in [0.05, 0.1) is 6.04 Å². The van der Waals surface area contributed by atoms with Gasteiger partial charge in [-0.25, -0.2) is 4.39 Å². The second-order valence-electron chi connectivity index (χ2n) is 4.05. The molecular formula is C11H11FN2O. The highest BCUT2D eigenvalue weighted by Gasteiger charge is 2.38. The summed E-state index contributed by atoms with van der Waals surface area (Å²) in [6.45, 7) is 0.633. The fourth-order valence-electron chi connectivity index (χ4n) is 2.47. The third kappa shape index (κ3) is 1.21. The molecule has 3 rings (SSSR count). The molecule has 0 aromatic rings. The van der Waals surface area contributed by atoms with Gasteiger partial charge in [0.1, 0.15) is 5.83 Å². The largest absolute Gasteiger partial charge is 0.384 e. The van der Waals surface area contributed by atoms with Crippen LogP contribution in [0.3, 0.4) is 0 Å². The van der Waals surface area contributed by atoms with Gasteiger partial charge in [-0.1, -0.05) is 0 Å². The third-order valence-electron chi connectivity index (χ3n) is 3.15. The molecule has 0 saturated carbocycles. The van der Waals surface area contributed by atoms with Crippen molar-refractivity contribution in [2.45, 2.75) is 12.5 Å². The number of nitrogens with one attached hydrogen (secondary N) is 2. The maximum absolute atomic E-state index is 13.3. The molecule has 2 atom stereocenters. The van der Waals surface area contributed by atoms with Gasteiger partial charge in [-0.3, -0.25) is 4.79 Å². The molecule has 2 unspecified atom stereocenters. The molecule has 0 spiro atoms. The number of carbonyl (C=O) groups excluding carboxylic acids is 1. The van der Waals surface area contributed by atoms with Gasteiger partial charge in [0, 0.05) is 18.0 Å². The van der Waals surface area contributed by atoms with Crippen molar-refractivity contribution in [3.63, 3.8) is 0 Å². The summed E-state index contributed by atoms with van der Waals surface area (Å²) in [6, 6.07) is -0.0798. The molecule has 1 fully saturated rings. The Bertz CT molecular complexity index is 422. The molecule has 2 N–H and O–H groups in total. The molecular weight excluding hydrogens is 195 g/mol. The lowest BCUT2D eigenvalue weighted by molar-refractivity contribution is -0.117. The summed E-state index contributed by atoms with van der Waals surface area (Å²) < 4.78 is 13.3. The van der Waals surface area contributed by atoms with Crippen LogP contribution in [0.2, 0.25) is 0 Å². The molecule has 3 aliphatic rings. The van der Waals surface area contributed by atoms with Crippen LogP contribution in [0.1, 0.15) is 6.42 Å². The maximum Gasteiger partial charge on any atom is 0.248 e. The van der Waals surface area contributed by atoms with E-state index in [9.17, 15) is 9.18 Å². The normalized spacial score (nSPS) is 32.9. The third-order valence-corrected chi connectivity index (χ3v) is 3.15. The molecule has 3 nitrogen and oxygen atoms in total. The van der Waals surface area contributed by atoms with Gasteiger partial charge in [0.15, 0.2) is 0 Å². The van der Waals surface area contributed by atoms with Gasteiger partial charge in [0.2, 0.25) is 5.91 Å². The first-order chi connectivity index (χ1) is 7.25. The van der Waals surface area contributed by atoms with Crippen molar-refractivity contribution in [2.75, 3.05) is 6.54 Å². The minimum absolute atomic E-state index is 0.0343. The van der Waals surface area contributed by atoms with E-state index >= 15 is 0 Å². The summed E-state index contributed by atoms with van der Waals surface area (Å²) in [4.78, 5) is 11.7. The first kappa shape index (κ1) is 8.71. The van der Waals surface area contributed by atoms with E-state index in [0.717, 1.165) is 6.42 Å². The summed E-state index contributed by atoms with van der Waals surface area (Å²) in [6.07, 6.45) is 5.64. The zero-order chi connectivity index (χ0) is 10.4. The van der Waals surface area contributed by atoms with Gasteiger partial charge >= 0.3 is 0 Å². The Hall–Kier alpha value is -1.58. The Morgan fingerprint density at radius 3 is 3.20 bits per heavy atom. The lowest BCUT2D eigenvalue weighted by Gasteiger charge is -2.23. The van der Waals surface area contributed by atoms with Crippen LogP contribution in [0.25, 0.3) is 0 Å². The van der Waals surface area contributed by atoms with Gasteiger partial charge in [0.25, 0.3) is 0 Å². The summed E-state index contributed by atoms with van der Waals surface area (Å²) in [5, 5.41) is 5.89. The zero-order valence-corrected chi connectivity index (χ0v) is 8.09. The second kappa shape index (κ2) is 2.95. The second-order valence-corrected chi connectivity index (χ2v) is 4.05. The van der Waals surface area contributed by atoms with E-state index in [0.29, 0.717) is 12.1 Å². The van der Waals surface area contributed by atoms with Crippen molar-refractivity contribution in [3.8, 4) is 0 Å². The van der Waals surface area contributed by atoms with Crippen molar-refractivity contribution < 1.29 is 9.18 Å². The van der Waals surface area contributed by atoms with Crippen molar-refractivity contribution >= 4 is 5.91 Å². The molecule has 1 amide bonds. The summed E-state index contributed by atoms with van der Waals surface area (Å²) in [7, 11) is 0. The van der Waals surface area contributed by atoms with E-state index in [1.54, 1.807) is 0 Å². The topological polar surface area (TPSA) is 41.1 Å². The fraction of sp³-hybridized carbons (Fsp3) is 0.364. The molecule has 2 heterocycles. The fourth-order valence-corrected chi connectivity index (χ4v) is 2.47. The number of hydrogen-bond acceptors (Lipinski definition) is 2. The first-order valence-electron chi connectivity index (χ1n) is 5.08. The summed E-state index contributed by atoms with van der Waals surface area (Å²) >= 11 is 0. The first-order valence-corrected chi connectivity index (χ1v) is 5.08. The lowest BCUT2D eigenvalue weighted by Crippen LogP contribution is -2.34. The predicted octanol–water partition coefficient (Wildman–Crippen LogP) is 0.772. The Balaban J connectivity index is 2.09. The van der Waals surface area contributed by atoms with E-state index in [4.69, 9.17) is 0 Å². The van der Waals surface area contributed by atoms with Crippen LogP contribution in [-0.4, -0.2) is 18.5 Å². The molecule has 2 aliphatic heterocycles. The molecule has 15 heavy (non-hydrogen) atoms. The standard InChI is InChI=1S/C11H11FN2O/c12-7-3-8-10-6(1-2-13-11(8)15)5-14-9(10)4-7/h3-5,9-10,14H,1-2H2,(H,13,15). The minimum Gasteiger partial charge on any atom is -0.384 e. The molecule has 0 aromatic heterocycles. The molecule has 4 heteroatoms. The highest BCUT2D eigenvalue weighted by Crippen LogP contribution is 2.36. The number of carbonyl (C=O) groups is 1. The van der Waals surface area contributed by atoms with Gasteiger partial charge in [-0.05, 0) is 30.3 Å². The van der Waals surface area contributed by atoms with Crippen LogP contribution in [0, 0.1) is 5.92 Å². The van der Waals surface area contributed by atoms with Crippen molar-refractivity contribution in [2.24, 2.45) is 5.92 Å². The number of amides is 1. The Kier molecular flexibility index (Phi) is 1.71. The highest BCUT2D eigenvalue weighted by atomic mass is 19.1. The lowest BCUT2D eigenvalue weighted by atomic mass is 9.83. The van der Waals surface area contributed by atoms with E-state index in [1.807, 2.05) is 6.20 Å². The summed E-state index contributed by atoms with van der Waals surface area (Å²) in [5.41, 5.74) is 1.74.